The topological polar surface area (TPSA) is 105 Å². The Kier molecular flexibility index (Phi) is 10.3. The second-order valence-corrected chi connectivity index (χ2v) is 12.6. The van der Waals surface area contributed by atoms with Crippen LogP contribution >= 0.6 is 11.6 Å². The number of ether oxygens (including phenoxy) is 2. The number of rotatable bonds is 12. The van der Waals surface area contributed by atoms with Crippen LogP contribution in [-0.4, -0.2) is 57.5 Å². The van der Waals surface area contributed by atoms with Crippen LogP contribution in [0.1, 0.15) is 18.1 Å². The first kappa shape index (κ1) is 31.9. The van der Waals surface area contributed by atoms with Gasteiger partial charge in [0.15, 0.2) is 11.5 Å². The largest absolute Gasteiger partial charge is 0.486 e. The molecule has 234 valence electrons. The second kappa shape index (κ2) is 14.5. The van der Waals surface area contributed by atoms with E-state index in [1.54, 1.807) is 67.6 Å². The average Bonchev–Trinajstić information content (AvgIpc) is 3.06. The molecule has 1 aliphatic rings. The zero-order valence-corrected chi connectivity index (χ0v) is 26.3. The maximum atomic E-state index is 14.5. The van der Waals surface area contributed by atoms with E-state index in [2.05, 4.69) is 5.32 Å². The van der Waals surface area contributed by atoms with Gasteiger partial charge in [0.1, 0.15) is 25.8 Å². The Morgan fingerprint density at radius 3 is 2.20 bits per heavy atom. The maximum Gasteiger partial charge on any atom is 0.264 e. The maximum absolute atomic E-state index is 14.5. The van der Waals surface area contributed by atoms with Crippen LogP contribution in [0.25, 0.3) is 0 Å². The van der Waals surface area contributed by atoms with Gasteiger partial charge in [-0.05, 0) is 48.4 Å². The summed E-state index contributed by atoms with van der Waals surface area (Å²) in [6.07, 6.45) is 0.207. The monoisotopic (exact) mass is 647 g/mol. The van der Waals surface area contributed by atoms with E-state index in [9.17, 15) is 18.0 Å². The first-order chi connectivity index (χ1) is 21.8. The smallest absolute Gasteiger partial charge is 0.264 e. The number of fused-ring (bicyclic) bond motifs is 1. The lowest BCUT2D eigenvalue weighted by Crippen LogP contribution is -2.53. The van der Waals surface area contributed by atoms with Gasteiger partial charge in [-0.25, -0.2) is 8.42 Å². The molecule has 11 heteroatoms. The van der Waals surface area contributed by atoms with Gasteiger partial charge in [-0.3, -0.25) is 13.9 Å². The van der Waals surface area contributed by atoms with Gasteiger partial charge in [0.2, 0.25) is 11.8 Å². The number of amides is 2. The lowest BCUT2D eigenvalue weighted by atomic mass is 10.0. The molecule has 0 bridgehead atoms. The van der Waals surface area contributed by atoms with Crippen LogP contribution in [0.2, 0.25) is 5.02 Å². The molecule has 0 fully saturated rings. The molecule has 9 nitrogen and oxygen atoms in total. The molecule has 0 aliphatic carbocycles. The van der Waals surface area contributed by atoms with E-state index in [0.717, 1.165) is 9.87 Å². The van der Waals surface area contributed by atoms with Crippen LogP contribution in [0.15, 0.2) is 108 Å². The first-order valence-corrected chi connectivity index (χ1v) is 16.4. The fraction of sp³-hybridized carbons (Fsp3) is 0.235. The standard InChI is InChI=1S/C34H34ClN3O6S/c1-2-36-34(40)30(21-25-11-5-3-6-12-25)37(23-26-13-9-10-16-29(26)35)33(39)24-38(45(41,42)28-14-7-4-8-15-28)27-17-18-31-32(22-27)44-20-19-43-31/h3-18,22,30H,2,19-21,23-24H2,1H3,(H,36,40)/t30-/m1/s1. The lowest BCUT2D eigenvalue weighted by Gasteiger charge is -2.34. The molecule has 1 atom stereocenters. The van der Waals surface area contributed by atoms with Crippen molar-refractivity contribution < 1.29 is 27.5 Å². The van der Waals surface area contributed by atoms with E-state index in [0.29, 0.717) is 41.8 Å². The van der Waals surface area contributed by atoms with Crippen LogP contribution in [0.5, 0.6) is 11.5 Å². The third kappa shape index (κ3) is 7.58. The average molecular weight is 648 g/mol. The van der Waals surface area contributed by atoms with Crippen molar-refractivity contribution in [1.82, 2.24) is 10.2 Å². The van der Waals surface area contributed by atoms with Crippen LogP contribution < -0.4 is 19.1 Å². The number of likely N-dealkylation sites (N-methyl/N-ethyl adjacent to an activating group) is 1. The Hall–Kier alpha value is -4.54. The highest BCUT2D eigenvalue weighted by atomic mass is 35.5. The highest BCUT2D eigenvalue weighted by Gasteiger charge is 2.35. The molecule has 4 aromatic rings. The van der Waals surface area contributed by atoms with E-state index in [-0.39, 0.29) is 29.5 Å². The molecule has 4 aromatic carbocycles. The van der Waals surface area contributed by atoms with E-state index in [4.69, 9.17) is 21.1 Å². The molecule has 2 amide bonds. The molecule has 0 radical (unpaired) electrons. The van der Waals surface area contributed by atoms with Crippen LogP contribution in [0.3, 0.4) is 0 Å². The number of carbonyl (C=O) groups excluding carboxylic acids is 2. The first-order valence-electron chi connectivity index (χ1n) is 14.6. The fourth-order valence-corrected chi connectivity index (χ4v) is 6.71. The van der Waals surface area contributed by atoms with Crippen molar-refractivity contribution in [2.45, 2.75) is 30.8 Å². The Labute approximate surface area is 268 Å². The normalized spacial score (nSPS) is 13.0. The molecule has 45 heavy (non-hydrogen) atoms. The van der Waals surface area contributed by atoms with Crippen molar-refractivity contribution in [3.8, 4) is 11.5 Å². The van der Waals surface area contributed by atoms with Gasteiger partial charge in [-0.15, -0.1) is 0 Å². The summed E-state index contributed by atoms with van der Waals surface area (Å²) >= 11 is 6.53. The molecule has 0 saturated heterocycles. The quantitative estimate of drug-likeness (QED) is 0.230. The third-order valence-corrected chi connectivity index (χ3v) is 9.50. The number of carbonyl (C=O) groups is 2. The van der Waals surface area contributed by atoms with Gasteiger partial charge >= 0.3 is 0 Å². The summed E-state index contributed by atoms with van der Waals surface area (Å²) in [5.41, 5.74) is 1.67. The van der Waals surface area contributed by atoms with E-state index in [1.807, 2.05) is 30.3 Å². The molecule has 1 N–H and O–H groups in total. The molecule has 5 rings (SSSR count). The second-order valence-electron chi connectivity index (χ2n) is 10.4. The van der Waals surface area contributed by atoms with Gasteiger partial charge < -0.3 is 19.7 Å². The third-order valence-electron chi connectivity index (χ3n) is 7.34. The Balaban J connectivity index is 1.58. The highest BCUT2D eigenvalue weighted by Crippen LogP contribution is 2.36. The Morgan fingerprint density at radius 2 is 1.51 bits per heavy atom. The number of nitrogens with one attached hydrogen (secondary N) is 1. The molecule has 0 aromatic heterocycles. The lowest BCUT2D eigenvalue weighted by molar-refractivity contribution is -0.140. The van der Waals surface area contributed by atoms with E-state index >= 15 is 0 Å². The molecular formula is C34H34ClN3O6S. The Morgan fingerprint density at radius 1 is 0.867 bits per heavy atom. The number of anilines is 1. The minimum Gasteiger partial charge on any atom is -0.486 e. The van der Waals surface area contributed by atoms with Gasteiger partial charge in [-0.1, -0.05) is 78.3 Å². The molecule has 1 heterocycles. The van der Waals surface area contributed by atoms with Crippen molar-refractivity contribution in [2.24, 2.45) is 0 Å². The summed E-state index contributed by atoms with van der Waals surface area (Å²) in [5.74, 6) is -0.0976. The molecular weight excluding hydrogens is 614 g/mol. The van der Waals surface area contributed by atoms with Gasteiger partial charge in [0.05, 0.1) is 10.6 Å². The van der Waals surface area contributed by atoms with Gasteiger partial charge in [-0.2, -0.15) is 0 Å². The van der Waals surface area contributed by atoms with Crippen molar-refractivity contribution in [1.29, 1.82) is 0 Å². The summed E-state index contributed by atoms with van der Waals surface area (Å²) in [4.78, 5) is 29.5. The van der Waals surface area contributed by atoms with Crippen LogP contribution in [-0.2, 0) is 32.6 Å². The van der Waals surface area contributed by atoms with Crippen molar-refractivity contribution in [3.63, 3.8) is 0 Å². The number of benzene rings is 4. The summed E-state index contributed by atoms with van der Waals surface area (Å²) in [6, 6.07) is 28.1. The van der Waals surface area contributed by atoms with Crippen molar-refractivity contribution in [3.05, 3.63) is 119 Å². The SMILES string of the molecule is CCNC(=O)[C@@H](Cc1ccccc1)N(Cc1ccccc1Cl)C(=O)CN(c1ccc2c(c1)OCCO2)S(=O)(=O)c1ccccc1. The van der Waals surface area contributed by atoms with Gasteiger partial charge in [0, 0.05) is 30.6 Å². The van der Waals surface area contributed by atoms with Crippen LogP contribution in [0, 0.1) is 0 Å². The van der Waals surface area contributed by atoms with Crippen LogP contribution in [0.4, 0.5) is 5.69 Å². The Bertz CT molecular complexity index is 1740. The molecule has 1 aliphatic heterocycles. The van der Waals surface area contributed by atoms with Gasteiger partial charge in [0.25, 0.3) is 10.0 Å². The molecule has 0 saturated carbocycles. The minimum absolute atomic E-state index is 0.00917. The van der Waals surface area contributed by atoms with Crippen molar-refractivity contribution >= 4 is 39.1 Å². The number of halogens is 1. The number of hydrogen-bond acceptors (Lipinski definition) is 6. The fourth-order valence-electron chi connectivity index (χ4n) is 5.09. The molecule has 0 unspecified atom stereocenters. The zero-order chi connectivity index (χ0) is 31.8. The number of sulfonamides is 1. The minimum atomic E-state index is -4.24. The highest BCUT2D eigenvalue weighted by molar-refractivity contribution is 7.92. The van der Waals surface area contributed by atoms with E-state index < -0.39 is 28.5 Å². The molecule has 0 spiro atoms. The summed E-state index contributed by atoms with van der Waals surface area (Å²) in [6.45, 7) is 2.22. The van der Waals surface area contributed by atoms with E-state index in [1.165, 1.54) is 17.0 Å². The number of nitrogens with zero attached hydrogens (tertiary/aromatic N) is 2. The predicted molar refractivity (Wildman–Crippen MR) is 173 cm³/mol. The number of hydrogen-bond donors (Lipinski definition) is 1. The summed E-state index contributed by atoms with van der Waals surface area (Å²) < 4.78 is 40.7. The summed E-state index contributed by atoms with van der Waals surface area (Å²) in [7, 11) is -4.24. The summed E-state index contributed by atoms with van der Waals surface area (Å²) in [5, 5.41) is 3.27. The van der Waals surface area contributed by atoms with Crippen molar-refractivity contribution in [2.75, 3.05) is 30.6 Å². The predicted octanol–water partition coefficient (Wildman–Crippen LogP) is 5.08. The zero-order valence-electron chi connectivity index (χ0n) is 24.8.